The molecule has 3 unspecified atom stereocenters. The molecule has 0 saturated heterocycles. The molecule has 0 spiro atoms. The predicted molar refractivity (Wildman–Crippen MR) is 128 cm³/mol. The number of ketones is 1. The van der Waals surface area contributed by atoms with Gasteiger partial charge in [-0.3, -0.25) is 4.79 Å². The Kier molecular flexibility index (Phi) is 5.60. The summed E-state index contributed by atoms with van der Waals surface area (Å²) in [5, 5.41) is 5.16. The van der Waals surface area contributed by atoms with Crippen LogP contribution >= 0.6 is 0 Å². The Morgan fingerprint density at radius 2 is 1.76 bits per heavy atom. The minimum Gasteiger partial charge on any atom is -0.458 e. The van der Waals surface area contributed by atoms with Crippen LogP contribution in [-0.2, 0) is 19.6 Å². The number of benzene rings is 1. The Bertz CT molecular complexity index is 1160. The van der Waals surface area contributed by atoms with E-state index in [0.29, 0.717) is 35.7 Å². The van der Waals surface area contributed by atoms with Crippen molar-refractivity contribution in [1.29, 1.82) is 0 Å². The standard InChI is InChI=1S/C27H35NO5S/c1-16-14-18-15-19(29)10-12-26(18,2)22-11-13-27(3)21(24(16)22)8-9-23(27)33-25(30)17-4-6-20(7-5-17)34(28,31)32/h4-7,15-16,21-24H,8-14H2,1-3H3,(H2,28,31,32)/t16-,21?,22?,23+,24?,26+,27+/m1/s1. The van der Waals surface area contributed by atoms with Gasteiger partial charge in [0.25, 0.3) is 0 Å². The fourth-order valence-electron chi connectivity index (χ4n) is 8.03. The quantitative estimate of drug-likeness (QED) is 0.628. The molecule has 3 fully saturated rings. The highest BCUT2D eigenvalue weighted by atomic mass is 32.2. The SMILES string of the molecule is C[C@@H]1CC2=CC(=O)CC[C@]2(C)C2CC[C@@]3(C)C(CC[C@@H]3OC(=O)c3ccc(S(N)(=O)=O)cc3)C21. The summed E-state index contributed by atoms with van der Waals surface area (Å²) in [5.41, 5.74) is 1.76. The Morgan fingerprint density at radius 1 is 1.06 bits per heavy atom. The molecule has 0 bridgehead atoms. The lowest BCUT2D eigenvalue weighted by atomic mass is 9.45. The van der Waals surface area contributed by atoms with Gasteiger partial charge in [0.2, 0.25) is 10.0 Å². The third kappa shape index (κ3) is 3.67. The van der Waals surface area contributed by atoms with Crippen LogP contribution in [0.25, 0.3) is 0 Å². The van der Waals surface area contributed by atoms with Crippen molar-refractivity contribution in [1.82, 2.24) is 0 Å². The van der Waals surface area contributed by atoms with Crippen molar-refractivity contribution >= 4 is 21.8 Å². The Morgan fingerprint density at radius 3 is 2.44 bits per heavy atom. The van der Waals surface area contributed by atoms with Crippen molar-refractivity contribution in [2.24, 2.45) is 39.6 Å². The van der Waals surface area contributed by atoms with Gasteiger partial charge in [-0.25, -0.2) is 18.4 Å². The average Bonchev–Trinajstić information content (AvgIpc) is 3.10. The molecule has 0 aromatic heterocycles. The minimum absolute atomic E-state index is 0.0205. The fraction of sp³-hybridized carbons (Fsp3) is 0.630. The van der Waals surface area contributed by atoms with E-state index in [4.69, 9.17) is 9.88 Å². The van der Waals surface area contributed by atoms with E-state index >= 15 is 0 Å². The Hall–Kier alpha value is -1.99. The molecule has 0 aliphatic heterocycles. The highest BCUT2D eigenvalue weighted by Gasteiger charge is 2.61. The molecule has 0 amide bonds. The summed E-state index contributed by atoms with van der Waals surface area (Å²) in [7, 11) is -3.80. The number of primary sulfonamides is 1. The third-order valence-electron chi connectivity index (χ3n) is 9.89. The highest BCUT2D eigenvalue weighted by Crippen LogP contribution is 2.66. The van der Waals surface area contributed by atoms with Gasteiger partial charge in [0.15, 0.2) is 5.78 Å². The number of rotatable bonds is 3. The second-order valence-corrected chi connectivity index (χ2v) is 13.2. The molecule has 1 aromatic rings. The maximum Gasteiger partial charge on any atom is 0.338 e. The minimum atomic E-state index is -3.80. The van der Waals surface area contributed by atoms with E-state index in [1.807, 2.05) is 6.08 Å². The van der Waals surface area contributed by atoms with E-state index in [-0.39, 0.29) is 27.6 Å². The molecule has 1 aromatic carbocycles. The second kappa shape index (κ2) is 8.02. The highest BCUT2D eigenvalue weighted by molar-refractivity contribution is 7.89. The number of fused-ring (bicyclic) bond motifs is 5. The van der Waals surface area contributed by atoms with E-state index in [1.54, 1.807) is 0 Å². The van der Waals surface area contributed by atoms with Crippen molar-refractivity contribution in [3.63, 3.8) is 0 Å². The molecule has 7 heteroatoms. The number of carbonyl (C=O) groups is 2. The van der Waals surface area contributed by atoms with Crippen LogP contribution in [0.3, 0.4) is 0 Å². The summed E-state index contributed by atoms with van der Waals surface area (Å²) in [6.07, 6.45) is 8.45. The van der Waals surface area contributed by atoms with Gasteiger partial charge in [0, 0.05) is 11.8 Å². The summed E-state index contributed by atoms with van der Waals surface area (Å²) in [6, 6.07) is 5.63. The van der Waals surface area contributed by atoms with Crippen molar-refractivity contribution in [3.05, 3.63) is 41.5 Å². The summed E-state index contributed by atoms with van der Waals surface area (Å²) in [4.78, 5) is 25.1. The van der Waals surface area contributed by atoms with Crippen LogP contribution < -0.4 is 5.14 Å². The van der Waals surface area contributed by atoms with E-state index < -0.39 is 16.0 Å². The van der Waals surface area contributed by atoms with Gasteiger partial charge in [-0.2, -0.15) is 0 Å². The molecule has 6 nitrogen and oxygen atoms in total. The number of carbonyl (C=O) groups excluding carboxylic acids is 2. The molecule has 4 aliphatic rings. The van der Waals surface area contributed by atoms with Gasteiger partial charge >= 0.3 is 5.97 Å². The van der Waals surface area contributed by atoms with Crippen LogP contribution in [0.2, 0.25) is 0 Å². The van der Waals surface area contributed by atoms with E-state index in [0.717, 1.165) is 38.5 Å². The van der Waals surface area contributed by atoms with Gasteiger partial charge in [-0.1, -0.05) is 26.3 Å². The van der Waals surface area contributed by atoms with Gasteiger partial charge in [-0.15, -0.1) is 0 Å². The lowest BCUT2D eigenvalue weighted by Gasteiger charge is -2.59. The summed E-state index contributed by atoms with van der Waals surface area (Å²) < 4.78 is 29.1. The zero-order chi connectivity index (χ0) is 24.5. The first kappa shape index (κ1) is 23.7. The summed E-state index contributed by atoms with van der Waals surface area (Å²) in [6.45, 7) is 7.03. The molecule has 34 heavy (non-hydrogen) atoms. The first-order valence-electron chi connectivity index (χ1n) is 12.5. The van der Waals surface area contributed by atoms with Gasteiger partial charge < -0.3 is 4.74 Å². The second-order valence-electron chi connectivity index (χ2n) is 11.6. The number of allylic oxidation sites excluding steroid dienone is 1. The monoisotopic (exact) mass is 485 g/mol. The molecule has 3 saturated carbocycles. The molecule has 0 radical (unpaired) electrons. The van der Waals surface area contributed by atoms with Crippen LogP contribution in [0.5, 0.6) is 0 Å². The largest absolute Gasteiger partial charge is 0.458 e. The smallest absolute Gasteiger partial charge is 0.338 e. The number of nitrogens with two attached hydrogens (primary N) is 1. The van der Waals surface area contributed by atoms with E-state index in [1.165, 1.54) is 29.8 Å². The topological polar surface area (TPSA) is 104 Å². The van der Waals surface area contributed by atoms with Gasteiger partial charge in [0.05, 0.1) is 10.5 Å². The molecule has 7 atom stereocenters. The van der Waals surface area contributed by atoms with Crippen LogP contribution in [0, 0.1) is 34.5 Å². The van der Waals surface area contributed by atoms with Crippen molar-refractivity contribution in [2.45, 2.75) is 76.7 Å². The number of hydrogen-bond donors (Lipinski definition) is 1. The molecular formula is C27H35NO5S. The van der Waals surface area contributed by atoms with Crippen LogP contribution in [0.15, 0.2) is 40.8 Å². The Labute approximate surface area is 202 Å². The maximum absolute atomic E-state index is 13.0. The number of esters is 1. The molecule has 4 aliphatic carbocycles. The first-order chi connectivity index (χ1) is 15.9. The third-order valence-corrected chi connectivity index (χ3v) is 10.8. The van der Waals surface area contributed by atoms with Crippen molar-refractivity contribution in [2.75, 3.05) is 0 Å². The predicted octanol–water partition coefficient (Wildman–Crippen LogP) is 4.64. The molecular weight excluding hydrogens is 450 g/mol. The zero-order valence-corrected chi connectivity index (χ0v) is 21.1. The lowest BCUT2D eigenvalue weighted by Crippen LogP contribution is -2.54. The van der Waals surface area contributed by atoms with Crippen LogP contribution in [-0.4, -0.2) is 26.3 Å². The molecule has 5 rings (SSSR count). The van der Waals surface area contributed by atoms with Crippen LogP contribution in [0.4, 0.5) is 0 Å². The average molecular weight is 486 g/mol. The van der Waals surface area contributed by atoms with Crippen molar-refractivity contribution < 1.29 is 22.7 Å². The van der Waals surface area contributed by atoms with Gasteiger partial charge in [-0.05, 0) is 98.0 Å². The summed E-state index contributed by atoms with van der Waals surface area (Å²) >= 11 is 0. The maximum atomic E-state index is 13.0. The molecule has 184 valence electrons. The lowest BCUT2D eigenvalue weighted by molar-refractivity contribution is -0.119. The molecule has 2 N–H and O–H groups in total. The van der Waals surface area contributed by atoms with Gasteiger partial charge in [0.1, 0.15) is 6.10 Å². The van der Waals surface area contributed by atoms with E-state index in [2.05, 4.69) is 20.8 Å². The summed E-state index contributed by atoms with van der Waals surface area (Å²) in [5.74, 6) is 2.04. The number of ether oxygens (including phenoxy) is 1. The number of hydrogen-bond acceptors (Lipinski definition) is 5. The van der Waals surface area contributed by atoms with Crippen LogP contribution in [0.1, 0.15) is 76.1 Å². The number of sulfonamides is 1. The van der Waals surface area contributed by atoms with E-state index in [9.17, 15) is 18.0 Å². The fourth-order valence-corrected chi connectivity index (χ4v) is 8.54. The zero-order valence-electron chi connectivity index (χ0n) is 20.3. The first-order valence-corrected chi connectivity index (χ1v) is 14.1. The normalized spacial score (nSPS) is 39.5. The van der Waals surface area contributed by atoms with Crippen molar-refractivity contribution in [3.8, 4) is 0 Å². The molecule has 0 heterocycles. The Balaban J connectivity index is 1.36.